The molecule has 0 saturated heterocycles. The Balaban J connectivity index is 1.83. The van der Waals surface area contributed by atoms with Gasteiger partial charge in [-0.1, -0.05) is 42.5 Å². The van der Waals surface area contributed by atoms with E-state index in [1.54, 1.807) is 11.3 Å². The van der Waals surface area contributed by atoms with Crippen molar-refractivity contribution >= 4 is 33.7 Å². The first-order valence-corrected chi connectivity index (χ1v) is 9.53. The van der Waals surface area contributed by atoms with Crippen molar-refractivity contribution in [3.63, 3.8) is 0 Å². The Labute approximate surface area is 149 Å². The van der Waals surface area contributed by atoms with Gasteiger partial charge in [-0.2, -0.15) is 0 Å². The molecule has 24 heavy (non-hydrogen) atoms. The standard InChI is InChI=1S/C18H19N3OS2/c1-4-13-7-5-6-8-14(13)9-16-21-15(10-23-16)17-11(2)19-18(24-17)20-12(3)22/h5-8,10H,4,9H2,1-3H3,(H,19,20,22). The lowest BCUT2D eigenvalue weighted by atomic mass is 10.0. The van der Waals surface area contributed by atoms with E-state index < -0.39 is 0 Å². The SMILES string of the molecule is CCc1ccccc1Cc1nc(-c2sc(NC(C)=O)nc2C)cs1. The van der Waals surface area contributed by atoms with Gasteiger partial charge >= 0.3 is 0 Å². The van der Waals surface area contributed by atoms with Crippen LogP contribution in [0.3, 0.4) is 0 Å². The number of rotatable bonds is 5. The molecule has 2 aromatic heterocycles. The molecule has 0 spiro atoms. The summed E-state index contributed by atoms with van der Waals surface area (Å²) in [5.74, 6) is -0.106. The minimum Gasteiger partial charge on any atom is -0.302 e. The molecule has 0 unspecified atom stereocenters. The third-order valence-electron chi connectivity index (χ3n) is 3.70. The zero-order chi connectivity index (χ0) is 17.1. The monoisotopic (exact) mass is 357 g/mol. The molecule has 0 atom stereocenters. The smallest absolute Gasteiger partial charge is 0.223 e. The maximum atomic E-state index is 11.2. The van der Waals surface area contributed by atoms with Crippen LogP contribution in [0.25, 0.3) is 10.6 Å². The number of nitrogens with one attached hydrogen (secondary N) is 1. The lowest BCUT2D eigenvalue weighted by Gasteiger charge is -2.05. The van der Waals surface area contributed by atoms with E-state index in [0.717, 1.165) is 34.1 Å². The first kappa shape index (κ1) is 16.8. The van der Waals surface area contributed by atoms with Crippen molar-refractivity contribution in [2.75, 3.05) is 5.32 Å². The summed E-state index contributed by atoms with van der Waals surface area (Å²) in [5.41, 5.74) is 4.54. The normalized spacial score (nSPS) is 10.8. The third kappa shape index (κ3) is 3.71. The molecule has 0 aliphatic heterocycles. The zero-order valence-corrected chi connectivity index (χ0v) is 15.6. The van der Waals surface area contributed by atoms with Gasteiger partial charge in [-0.25, -0.2) is 9.97 Å². The van der Waals surface area contributed by atoms with Crippen LogP contribution >= 0.6 is 22.7 Å². The van der Waals surface area contributed by atoms with Gasteiger partial charge in [-0.3, -0.25) is 4.79 Å². The highest BCUT2D eigenvalue weighted by molar-refractivity contribution is 7.19. The quantitative estimate of drug-likeness (QED) is 0.721. The molecule has 0 fully saturated rings. The van der Waals surface area contributed by atoms with Gasteiger partial charge in [0.15, 0.2) is 5.13 Å². The fourth-order valence-electron chi connectivity index (χ4n) is 2.57. The lowest BCUT2D eigenvalue weighted by molar-refractivity contribution is -0.114. The molecule has 6 heteroatoms. The largest absolute Gasteiger partial charge is 0.302 e. The van der Waals surface area contributed by atoms with Crippen LogP contribution in [0.2, 0.25) is 0 Å². The van der Waals surface area contributed by atoms with Crippen LogP contribution in [0.4, 0.5) is 5.13 Å². The predicted molar refractivity (Wildman–Crippen MR) is 101 cm³/mol. The minimum atomic E-state index is -0.106. The number of anilines is 1. The molecule has 0 saturated carbocycles. The average Bonchev–Trinajstić information content (AvgIpc) is 3.14. The summed E-state index contributed by atoms with van der Waals surface area (Å²) < 4.78 is 0. The van der Waals surface area contributed by atoms with E-state index in [9.17, 15) is 4.79 Å². The van der Waals surface area contributed by atoms with Gasteiger partial charge < -0.3 is 5.32 Å². The van der Waals surface area contributed by atoms with E-state index >= 15 is 0 Å². The predicted octanol–water partition coefficient (Wildman–Crippen LogP) is 4.69. The maximum absolute atomic E-state index is 11.2. The number of hydrogen-bond acceptors (Lipinski definition) is 5. The molecule has 0 bridgehead atoms. The van der Waals surface area contributed by atoms with Gasteiger partial charge in [0.05, 0.1) is 21.3 Å². The van der Waals surface area contributed by atoms with Crippen molar-refractivity contribution in [2.24, 2.45) is 0 Å². The van der Waals surface area contributed by atoms with Gasteiger partial charge in [-0.05, 0) is 24.5 Å². The summed E-state index contributed by atoms with van der Waals surface area (Å²) >= 11 is 3.14. The molecule has 4 nitrogen and oxygen atoms in total. The summed E-state index contributed by atoms with van der Waals surface area (Å²) in [5, 5.41) is 6.54. The third-order valence-corrected chi connectivity index (χ3v) is 5.65. The highest BCUT2D eigenvalue weighted by atomic mass is 32.1. The zero-order valence-electron chi connectivity index (χ0n) is 13.9. The Hall–Kier alpha value is -2.05. The molecule has 124 valence electrons. The number of amides is 1. The number of aromatic nitrogens is 2. The fraction of sp³-hybridized carbons (Fsp3) is 0.278. The van der Waals surface area contributed by atoms with Crippen LogP contribution in [-0.2, 0) is 17.6 Å². The van der Waals surface area contributed by atoms with Crippen LogP contribution < -0.4 is 5.32 Å². The molecule has 2 heterocycles. The highest BCUT2D eigenvalue weighted by Crippen LogP contribution is 2.33. The second-order valence-corrected chi connectivity index (χ2v) is 7.48. The number of hydrogen-bond donors (Lipinski definition) is 1. The first-order valence-electron chi connectivity index (χ1n) is 7.83. The summed E-state index contributed by atoms with van der Waals surface area (Å²) in [6.07, 6.45) is 1.88. The average molecular weight is 358 g/mol. The van der Waals surface area contributed by atoms with E-state index in [1.807, 2.05) is 6.92 Å². The van der Waals surface area contributed by atoms with Crippen molar-refractivity contribution < 1.29 is 4.79 Å². The van der Waals surface area contributed by atoms with Crippen molar-refractivity contribution in [3.8, 4) is 10.6 Å². The second-order valence-electron chi connectivity index (χ2n) is 5.54. The number of carbonyl (C=O) groups is 1. The molecule has 1 aromatic carbocycles. The Morgan fingerprint density at radius 2 is 1.96 bits per heavy atom. The van der Waals surface area contributed by atoms with Crippen molar-refractivity contribution in [1.29, 1.82) is 0 Å². The molecular weight excluding hydrogens is 338 g/mol. The van der Waals surface area contributed by atoms with Crippen molar-refractivity contribution in [3.05, 3.63) is 51.5 Å². The summed E-state index contributed by atoms with van der Waals surface area (Å²) in [4.78, 5) is 21.4. The molecule has 1 N–H and O–H groups in total. The maximum Gasteiger partial charge on any atom is 0.223 e. The molecule has 0 aliphatic carbocycles. The molecular formula is C18H19N3OS2. The van der Waals surface area contributed by atoms with E-state index in [0.29, 0.717) is 5.13 Å². The topological polar surface area (TPSA) is 54.9 Å². The second kappa shape index (κ2) is 7.23. The van der Waals surface area contributed by atoms with Crippen LogP contribution in [0.15, 0.2) is 29.6 Å². The summed E-state index contributed by atoms with van der Waals surface area (Å²) in [7, 11) is 0. The fourth-order valence-corrected chi connectivity index (χ4v) is 4.43. The summed E-state index contributed by atoms with van der Waals surface area (Å²) in [6.45, 7) is 5.61. The van der Waals surface area contributed by atoms with Gasteiger partial charge in [0.1, 0.15) is 0 Å². The number of aryl methyl sites for hydroxylation is 2. The van der Waals surface area contributed by atoms with Crippen LogP contribution in [-0.4, -0.2) is 15.9 Å². The number of nitrogens with zero attached hydrogens (tertiary/aromatic N) is 2. The lowest BCUT2D eigenvalue weighted by Crippen LogP contribution is -2.04. The Morgan fingerprint density at radius 1 is 1.21 bits per heavy atom. The molecule has 3 rings (SSSR count). The van der Waals surface area contributed by atoms with Crippen LogP contribution in [0.1, 0.15) is 35.7 Å². The number of carbonyl (C=O) groups excluding carboxylic acids is 1. The number of benzene rings is 1. The summed E-state index contributed by atoms with van der Waals surface area (Å²) in [6, 6.07) is 8.51. The Morgan fingerprint density at radius 3 is 2.67 bits per heavy atom. The molecule has 0 radical (unpaired) electrons. The highest BCUT2D eigenvalue weighted by Gasteiger charge is 2.14. The van der Waals surface area contributed by atoms with E-state index in [-0.39, 0.29) is 5.91 Å². The number of thiazole rings is 2. The van der Waals surface area contributed by atoms with Crippen molar-refractivity contribution in [2.45, 2.75) is 33.6 Å². The molecule has 0 aliphatic rings. The Kier molecular flexibility index (Phi) is 5.06. The van der Waals surface area contributed by atoms with Gasteiger partial charge in [0.2, 0.25) is 5.91 Å². The van der Waals surface area contributed by atoms with E-state index in [1.165, 1.54) is 29.4 Å². The van der Waals surface area contributed by atoms with E-state index in [4.69, 9.17) is 4.98 Å². The first-order chi connectivity index (χ1) is 11.6. The van der Waals surface area contributed by atoms with Gasteiger partial charge in [0, 0.05) is 18.7 Å². The van der Waals surface area contributed by atoms with Gasteiger partial charge in [-0.15, -0.1) is 11.3 Å². The van der Waals surface area contributed by atoms with E-state index in [2.05, 4.69) is 46.9 Å². The Bertz CT molecular complexity index is 867. The van der Waals surface area contributed by atoms with Crippen LogP contribution in [0.5, 0.6) is 0 Å². The minimum absolute atomic E-state index is 0.106. The van der Waals surface area contributed by atoms with Gasteiger partial charge in [0.25, 0.3) is 0 Å². The molecule has 3 aromatic rings. The molecule has 1 amide bonds. The van der Waals surface area contributed by atoms with Crippen molar-refractivity contribution in [1.82, 2.24) is 9.97 Å². The van der Waals surface area contributed by atoms with Crippen LogP contribution in [0, 0.1) is 6.92 Å².